The number of sulfonamides is 1. The highest BCUT2D eigenvalue weighted by atomic mass is 35.5. The van der Waals surface area contributed by atoms with Crippen molar-refractivity contribution in [1.29, 1.82) is 0 Å². The lowest BCUT2D eigenvalue weighted by Gasteiger charge is -2.44. The van der Waals surface area contributed by atoms with E-state index in [1.165, 1.54) is 12.1 Å². The molecule has 1 aliphatic heterocycles. The number of carbonyl (C=O) groups is 1. The van der Waals surface area contributed by atoms with Gasteiger partial charge < -0.3 is 4.90 Å². The van der Waals surface area contributed by atoms with Crippen LogP contribution < -0.4 is 4.72 Å². The zero-order chi connectivity index (χ0) is 24.2. The topological polar surface area (TPSA) is 69.7 Å². The Morgan fingerprint density at radius 1 is 1.09 bits per heavy atom. The van der Waals surface area contributed by atoms with Gasteiger partial charge in [0, 0.05) is 55.6 Å². The SMILES string of the molecule is C[C@@H]1CN(Cc2ccc(F)cc2)[C@@H](C)CN1C(=O)CC(CNS(C)(=O)=O)c1ccc(Cl)cc1. The number of carbonyl (C=O) groups excluding carboxylic acids is 1. The average Bonchev–Trinajstić information content (AvgIpc) is 2.75. The maximum absolute atomic E-state index is 13.3. The Balaban J connectivity index is 1.67. The van der Waals surface area contributed by atoms with Gasteiger partial charge in [-0.2, -0.15) is 0 Å². The van der Waals surface area contributed by atoms with Crippen molar-refractivity contribution in [3.8, 4) is 0 Å². The molecule has 0 aliphatic carbocycles. The largest absolute Gasteiger partial charge is 0.337 e. The van der Waals surface area contributed by atoms with Crippen LogP contribution in [-0.4, -0.2) is 62.1 Å². The summed E-state index contributed by atoms with van der Waals surface area (Å²) in [6.45, 7) is 6.22. The molecule has 1 saturated heterocycles. The van der Waals surface area contributed by atoms with Crippen LogP contribution in [0.4, 0.5) is 4.39 Å². The van der Waals surface area contributed by atoms with Crippen molar-refractivity contribution in [3.63, 3.8) is 0 Å². The molecular weight excluding hydrogens is 465 g/mol. The number of nitrogens with zero attached hydrogens (tertiary/aromatic N) is 2. The van der Waals surface area contributed by atoms with Gasteiger partial charge >= 0.3 is 0 Å². The molecule has 6 nitrogen and oxygen atoms in total. The third-order valence-electron chi connectivity index (χ3n) is 6.09. The third kappa shape index (κ3) is 7.50. The molecule has 0 bridgehead atoms. The van der Waals surface area contributed by atoms with Crippen LogP contribution >= 0.6 is 11.6 Å². The van der Waals surface area contributed by atoms with Crippen molar-refractivity contribution < 1.29 is 17.6 Å². The summed E-state index contributed by atoms with van der Waals surface area (Å²) in [5, 5.41) is 0.583. The molecule has 180 valence electrons. The van der Waals surface area contributed by atoms with E-state index in [1.54, 1.807) is 24.3 Å². The number of nitrogens with one attached hydrogen (secondary N) is 1. The zero-order valence-corrected chi connectivity index (χ0v) is 20.7. The first-order valence-corrected chi connectivity index (χ1v) is 13.3. The Kier molecular flexibility index (Phi) is 8.50. The fraction of sp³-hybridized carbons (Fsp3) is 0.458. The van der Waals surface area contributed by atoms with E-state index in [2.05, 4.69) is 16.5 Å². The molecule has 1 fully saturated rings. The van der Waals surface area contributed by atoms with E-state index in [1.807, 2.05) is 24.0 Å². The highest BCUT2D eigenvalue weighted by molar-refractivity contribution is 7.88. The van der Waals surface area contributed by atoms with E-state index in [0.29, 0.717) is 24.7 Å². The van der Waals surface area contributed by atoms with Crippen LogP contribution in [-0.2, 0) is 21.4 Å². The number of halogens is 2. The molecule has 0 aromatic heterocycles. The van der Waals surface area contributed by atoms with E-state index in [-0.39, 0.29) is 42.7 Å². The van der Waals surface area contributed by atoms with E-state index in [9.17, 15) is 17.6 Å². The van der Waals surface area contributed by atoms with Crippen molar-refractivity contribution >= 4 is 27.5 Å². The lowest BCUT2D eigenvalue weighted by atomic mass is 9.94. The minimum atomic E-state index is -3.39. The first-order chi connectivity index (χ1) is 15.5. The van der Waals surface area contributed by atoms with Gasteiger partial charge in [0.25, 0.3) is 0 Å². The quantitative estimate of drug-likeness (QED) is 0.607. The summed E-state index contributed by atoms with van der Waals surface area (Å²) in [7, 11) is -3.39. The molecule has 9 heteroatoms. The first-order valence-electron chi connectivity index (χ1n) is 11.0. The lowest BCUT2D eigenvalue weighted by Crippen LogP contribution is -2.57. The monoisotopic (exact) mass is 495 g/mol. The summed E-state index contributed by atoms with van der Waals surface area (Å²) in [6, 6.07) is 13.8. The van der Waals surface area contributed by atoms with Gasteiger partial charge in [-0.15, -0.1) is 0 Å². The van der Waals surface area contributed by atoms with Gasteiger partial charge in [0.15, 0.2) is 0 Å². The fourth-order valence-corrected chi connectivity index (χ4v) is 4.84. The summed E-state index contributed by atoms with van der Waals surface area (Å²) in [5.41, 5.74) is 1.89. The van der Waals surface area contributed by atoms with Crippen LogP contribution in [0.3, 0.4) is 0 Å². The van der Waals surface area contributed by atoms with Crippen LogP contribution in [0.15, 0.2) is 48.5 Å². The molecule has 0 spiro atoms. The van der Waals surface area contributed by atoms with Crippen molar-refractivity contribution in [3.05, 3.63) is 70.5 Å². The molecule has 1 aliphatic rings. The summed E-state index contributed by atoms with van der Waals surface area (Å²) >= 11 is 6.00. The van der Waals surface area contributed by atoms with E-state index < -0.39 is 10.0 Å². The summed E-state index contributed by atoms with van der Waals surface area (Å²) < 4.78 is 39.1. The lowest BCUT2D eigenvalue weighted by molar-refractivity contribution is -0.137. The van der Waals surface area contributed by atoms with Crippen molar-refractivity contribution in [2.24, 2.45) is 0 Å². The number of hydrogen-bond acceptors (Lipinski definition) is 4. The molecule has 2 aromatic rings. The number of amides is 1. The van der Waals surface area contributed by atoms with Crippen LogP contribution in [0, 0.1) is 5.82 Å². The Hall–Kier alpha value is -2.00. The predicted molar refractivity (Wildman–Crippen MR) is 129 cm³/mol. The first kappa shape index (κ1) is 25.6. The number of rotatable bonds is 8. The molecule has 33 heavy (non-hydrogen) atoms. The summed E-state index contributed by atoms with van der Waals surface area (Å²) in [6.07, 6.45) is 1.30. The number of hydrogen-bond donors (Lipinski definition) is 1. The van der Waals surface area contributed by atoms with Crippen molar-refractivity contribution in [2.45, 2.75) is 44.8 Å². The molecule has 1 unspecified atom stereocenters. The second-order valence-corrected chi connectivity index (χ2v) is 11.1. The summed E-state index contributed by atoms with van der Waals surface area (Å²) in [4.78, 5) is 17.5. The van der Waals surface area contributed by atoms with Crippen molar-refractivity contribution in [1.82, 2.24) is 14.5 Å². The van der Waals surface area contributed by atoms with Gasteiger partial charge in [0.2, 0.25) is 15.9 Å². The van der Waals surface area contributed by atoms with Gasteiger partial charge in [0.1, 0.15) is 5.82 Å². The molecule has 1 heterocycles. The van der Waals surface area contributed by atoms with E-state index in [0.717, 1.165) is 17.4 Å². The smallest absolute Gasteiger partial charge is 0.223 e. The van der Waals surface area contributed by atoms with Crippen LogP contribution in [0.1, 0.15) is 37.3 Å². The van der Waals surface area contributed by atoms with Crippen molar-refractivity contribution in [2.75, 3.05) is 25.9 Å². The molecule has 0 radical (unpaired) electrons. The normalized spacial score (nSPS) is 20.6. The maximum atomic E-state index is 13.3. The van der Waals surface area contributed by atoms with Gasteiger partial charge in [0.05, 0.1) is 6.26 Å². The molecule has 3 atom stereocenters. The molecule has 2 aromatic carbocycles. The van der Waals surface area contributed by atoms with E-state index in [4.69, 9.17) is 11.6 Å². The highest BCUT2D eigenvalue weighted by Crippen LogP contribution is 2.25. The Morgan fingerprint density at radius 2 is 1.73 bits per heavy atom. The van der Waals surface area contributed by atoms with Crippen LogP contribution in [0.25, 0.3) is 0 Å². The van der Waals surface area contributed by atoms with E-state index >= 15 is 0 Å². The molecular formula is C24H31ClFN3O3S. The number of benzene rings is 2. The average molecular weight is 496 g/mol. The van der Waals surface area contributed by atoms with Gasteiger partial charge in [-0.25, -0.2) is 17.5 Å². The molecule has 0 saturated carbocycles. The second kappa shape index (κ2) is 11.0. The Labute approximate surface area is 200 Å². The Morgan fingerprint density at radius 3 is 2.33 bits per heavy atom. The minimum Gasteiger partial charge on any atom is -0.337 e. The predicted octanol–water partition coefficient (Wildman–Crippen LogP) is 3.62. The summed E-state index contributed by atoms with van der Waals surface area (Å²) in [5.74, 6) is -0.563. The van der Waals surface area contributed by atoms with Gasteiger partial charge in [-0.1, -0.05) is 35.9 Å². The zero-order valence-electron chi connectivity index (χ0n) is 19.2. The van der Waals surface area contributed by atoms with Crippen LogP contribution in [0.5, 0.6) is 0 Å². The minimum absolute atomic E-state index is 0.00267. The molecule has 3 rings (SSSR count). The standard InChI is InChI=1S/C24H31ClFN3O3S/c1-17-15-29(18(2)14-28(17)16-19-4-10-23(26)11-5-19)24(30)12-21(13-27-33(3,31)32)20-6-8-22(25)9-7-20/h4-11,17-18,21,27H,12-16H2,1-3H3/t17-,18+,21?/m0/s1. The van der Waals surface area contributed by atoms with Gasteiger partial charge in [-0.3, -0.25) is 9.69 Å². The molecule has 1 amide bonds. The second-order valence-electron chi connectivity index (χ2n) is 8.87. The third-order valence-corrected chi connectivity index (χ3v) is 7.03. The van der Waals surface area contributed by atoms with Crippen LogP contribution in [0.2, 0.25) is 5.02 Å². The molecule has 1 N–H and O–H groups in total. The fourth-order valence-electron chi connectivity index (χ4n) is 4.21. The highest BCUT2D eigenvalue weighted by Gasteiger charge is 2.33. The Bertz CT molecular complexity index is 1050. The maximum Gasteiger partial charge on any atom is 0.223 e. The number of piperazine rings is 1. The van der Waals surface area contributed by atoms with Gasteiger partial charge in [-0.05, 0) is 49.2 Å².